The van der Waals surface area contributed by atoms with Crippen LogP contribution in [0.25, 0.3) is 0 Å². The van der Waals surface area contributed by atoms with Crippen molar-refractivity contribution in [1.29, 1.82) is 0 Å². The maximum atomic E-state index is 10.5. The van der Waals surface area contributed by atoms with E-state index in [9.17, 15) is 10.2 Å². The minimum Gasteiger partial charge on any atom is -0.392 e. The minimum absolute atomic E-state index is 0.00443. The first-order valence-electron chi connectivity index (χ1n) is 9.50. The average molecular weight is 347 g/mol. The van der Waals surface area contributed by atoms with Crippen LogP contribution in [-0.2, 0) is 6.61 Å². The maximum absolute atomic E-state index is 10.5. The molecule has 140 valence electrons. The zero-order valence-corrected chi connectivity index (χ0v) is 15.8. The molecule has 4 heteroatoms. The Kier molecular flexibility index (Phi) is 5.27. The Morgan fingerprint density at radius 2 is 1.80 bits per heavy atom. The quantitative estimate of drug-likeness (QED) is 0.740. The van der Waals surface area contributed by atoms with Crippen LogP contribution in [0.4, 0.5) is 0 Å². The third-order valence-electron chi connectivity index (χ3n) is 6.01. The van der Waals surface area contributed by atoms with Gasteiger partial charge in [-0.2, -0.15) is 0 Å². The molecule has 25 heavy (non-hydrogen) atoms. The number of likely N-dealkylation sites (tertiary alicyclic amines) is 1. The Morgan fingerprint density at radius 3 is 2.44 bits per heavy atom. The number of β-amino-alcohol motifs (C(OH)–C–C–N with tert-alkyl or cyclic N) is 1. The van der Waals surface area contributed by atoms with E-state index in [1.54, 1.807) is 0 Å². The van der Waals surface area contributed by atoms with Crippen LogP contribution < -0.4 is 0 Å². The monoisotopic (exact) mass is 347 g/mol. The number of benzene rings is 1. The van der Waals surface area contributed by atoms with Gasteiger partial charge in [-0.1, -0.05) is 45.0 Å². The molecule has 3 N–H and O–H groups in total. The van der Waals surface area contributed by atoms with Gasteiger partial charge in [0.25, 0.3) is 0 Å². The van der Waals surface area contributed by atoms with E-state index in [2.05, 4.69) is 25.7 Å². The number of fused-ring (bicyclic) bond motifs is 2. The van der Waals surface area contributed by atoms with Gasteiger partial charge in [0, 0.05) is 25.6 Å². The summed E-state index contributed by atoms with van der Waals surface area (Å²) in [6.07, 6.45) is 2.83. The Labute approximate surface area is 151 Å². The Bertz CT molecular complexity index is 585. The second-order valence-corrected chi connectivity index (χ2v) is 9.45. The van der Waals surface area contributed by atoms with E-state index in [0.29, 0.717) is 29.8 Å². The topological polar surface area (TPSA) is 63.9 Å². The lowest BCUT2D eigenvalue weighted by atomic mass is 9.65. The fourth-order valence-corrected chi connectivity index (χ4v) is 5.37. The van der Waals surface area contributed by atoms with Crippen LogP contribution in [0.2, 0.25) is 0 Å². The molecule has 1 aromatic carbocycles. The molecule has 1 saturated heterocycles. The van der Waals surface area contributed by atoms with Crippen molar-refractivity contribution in [3.05, 3.63) is 35.4 Å². The van der Waals surface area contributed by atoms with E-state index >= 15 is 0 Å². The molecule has 1 aliphatic heterocycles. The van der Waals surface area contributed by atoms with Crippen LogP contribution in [-0.4, -0.2) is 45.5 Å². The molecule has 2 bridgehead atoms. The molecule has 1 aromatic rings. The van der Waals surface area contributed by atoms with Crippen molar-refractivity contribution in [2.45, 2.75) is 71.3 Å². The largest absolute Gasteiger partial charge is 0.392 e. The molecule has 2 unspecified atom stereocenters. The predicted molar refractivity (Wildman–Crippen MR) is 99.0 cm³/mol. The summed E-state index contributed by atoms with van der Waals surface area (Å²) >= 11 is 0. The Balaban J connectivity index is 1.56. The smallest absolute Gasteiger partial charge is 0.0815 e. The molecule has 4 atom stereocenters. The second kappa shape index (κ2) is 6.99. The van der Waals surface area contributed by atoms with Crippen LogP contribution in [0, 0.1) is 10.8 Å². The molecular formula is C21H33NO3. The van der Waals surface area contributed by atoms with Gasteiger partial charge in [0.15, 0.2) is 0 Å². The summed E-state index contributed by atoms with van der Waals surface area (Å²) in [6.45, 7) is 8.80. The third kappa shape index (κ3) is 4.43. The fourth-order valence-electron chi connectivity index (χ4n) is 5.37. The van der Waals surface area contributed by atoms with Gasteiger partial charge < -0.3 is 15.3 Å². The molecular weight excluding hydrogens is 314 g/mol. The molecule has 1 saturated carbocycles. The lowest BCUT2D eigenvalue weighted by Crippen LogP contribution is -2.38. The lowest BCUT2D eigenvalue weighted by Gasteiger charge is -2.40. The van der Waals surface area contributed by atoms with E-state index in [1.807, 2.05) is 24.3 Å². The van der Waals surface area contributed by atoms with Crippen LogP contribution in [0.1, 0.15) is 63.7 Å². The summed E-state index contributed by atoms with van der Waals surface area (Å²) in [7, 11) is 0. The molecule has 2 aliphatic rings. The van der Waals surface area contributed by atoms with Crippen molar-refractivity contribution in [3.63, 3.8) is 0 Å². The molecule has 4 nitrogen and oxygen atoms in total. The summed E-state index contributed by atoms with van der Waals surface area (Å²) in [4.78, 5) is 2.45. The zero-order chi connectivity index (χ0) is 18.2. The summed E-state index contributed by atoms with van der Waals surface area (Å²) in [5.41, 5.74) is 2.37. The van der Waals surface area contributed by atoms with E-state index in [0.717, 1.165) is 17.7 Å². The second-order valence-electron chi connectivity index (χ2n) is 9.45. The summed E-state index contributed by atoms with van der Waals surface area (Å²) in [5, 5.41) is 30.0. The van der Waals surface area contributed by atoms with Gasteiger partial charge in [0.05, 0.1) is 18.8 Å². The number of rotatable bonds is 6. The first-order chi connectivity index (χ1) is 11.7. The van der Waals surface area contributed by atoms with Gasteiger partial charge in [-0.25, -0.2) is 0 Å². The minimum atomic E-state index is -0.670. The van der Waals surface area contributed by atoms with E-state index in [4.69, 9.17) is 5.11 Å². The van der Waals surface area contributed by atoms with Crippen molar-refractivity contribution < 1.29 is 15.3 Å². The summed E-state index contributed by atoms with van der Waals surface area (Å²) in [5.74, 6) is 0. The first-order valence-corrected chi connectivity index (χ1v) is 9.50. The number of hydrogen-bond acceptors (Lipinski definition) is 4. The first kappa shape index (κ1) is 18.8. The number of aliphatic hydroxyl groups is 3. The summed E-state index contributed by atoms with van der Waals surface area (Å²) in [6, 6.07) is 7.85. The molecule has 2 fully saturated rings. The highest BCUT2D eigenvalue weighted by Gasteiger charge is 2.49. The number of nitrogens with zero attached hydrogens (tertiary/aromatic N) is 1. The van der Waals surface area contributed by atoms with Crippen molar-refractivity contribution in [3.8, 4) is 0 Å². The van der Waals surface area contributed by atoms with Crippen LogP contribution in [0.5, 0.6) is 0 Å². The summed E-state index contributed by atoms with van der Waals surface area (Å²) < 4.78 is 0. The van der Waals surface area contributed by atoms with Crippen LogP contribution in [0.3, 0.4) is 0 Å². The number of aliphatic hydroxyl groups excluding tert-OH is 3. The Hall–Kier alpha value is -0.940. The van der Waals surface area contributed by atoms with Crippen molar-refractivity contribution >= 4 is 0 Å². The molecule has 0 radical (unpaired) electrons. The number of hydrogen-bond donors (Lipinski definition) is 3. The molecule has 3 rings (SSSR count). The highest BCUT2D eigenvalue weighted by atomic mass is 16.3. The fraction of sp³-hybridized carbons (Fsp3) is 0.714. The standard InChI is InChI=1S/C21H33NO3/c1-20(2)9-17-10-21(3,13-20)14-22(17)11-18(24)8-19(25)16-6-4-15(12-23)5-7-16/h4-7,17-19,23-25H,8-14H2,1-3H3/t17?,18-,19+,21?/m1/s1. The molecule has 1 heterocycles. The molecule has 1 aliphatic carbocycles. The van der Waals surface area contributed by atoms with Gasteiger partial charge in [-0.05, 0) is 41.2 Å². The van der Waals surface area contributed by atoms with Gasteiger partial charge in [0.1, 0.15) is 0 Å². The van der Waals surface area contributed by atoms with E-state index in [1.165, 1.54) is 19.3 Å². The van der Waals surface area contributed by atoms with E-state index in [-0.39, 0.29) is 6.61 Å². The van der Waals surface area contributed by atoms with Gasteiger partial charge in [-0.15, -0.1) is 0 Å². The normalized spacial score (nSPS) is 31.0. The maximum Gasteiger partial charge on any atom is 0.0815 e. The molecule has 0 amide bonds. The van der Waals surface area contributed by atoms with Crippen molar-refractivity contribution in [1.82, 2.24) is 4.90 Å². The molecule has 0 spiro atoms. The molecule has 0 aromatic heterocycles. The average Bonchev–Trinajstić information content (AvgIpc) is 2.75. The Morgan fingerprint density at radius 1 is 1.12 bits per heavy atom. The van der Waals surface area contributed by atoms with Gasteiger partial charge in [-0.3, -0.25) is 4.90 Å². The third-order valence-corrected chi connectivity index (χ3v) is 6.01. The van der Waals surface area contributed by atoms with Gasteiger partial charge in [0.2, 0.25) is 0 Å². The zero-order valence-electron chi connectivity index (χ0n) is 15.8. The lowest BCUT2D eigenvalue weighted by molar-refractivity contribution is 0.0465. The predicted octanol–water partition coefficient (Wildman–Crippen LogP) is 2.86. The SMILES string of the molecule is CC1(C)CC2CC(C)(CN2C[C@H](O)C[C@H](O)c2ccc(CO)cc2)C1. The van der Waals surface area contributed by atoms with Crippen LogP contribution in [0.15, 0.2) is 24.3 Å². The van der Waals surface area contributed by atoms with Gasteiger partial charge >= 0.3 is 0 Å². The highest BCUT2D eigenvalue weighted by Crippen LogP contribution is 2.52. The van der Waals surface area contributed by atoms with Crippen LogP contribution >= 0.6 is 0 Å². The van der Waals surface area contributed by atoms with Crippen molar-refractivity contribution in [2.75, 3.05) is 13.1 Å². The van der Waals surface area contributed by atoms with E-state index < -0.39 is 12.2 Å². The highest BCUT2D eigenvalue weighted by molar-refractivity contribution is 5.23. The van der Waals surface area contributed by atoms with Crippen molar-refractivity contribution in [2.24, 2.45) is 10.8 Å².